The van der Waals surface area contributed by atoms with Crippen molar-refractivity contribution in [2.45, 2.75) is 10.8 Å². The molecule has 0 spiro atoms. The average molecular weight is 353 g/mol. The first-order valence-corrected chi connectivity index (χ1v) is 9.26. The van der Waals surface area contributed by atoms with Crippen LogP contribution in [0.4, 0.5) is 0 Å². The van der Waals surface area contributed by atoms with Crippen LogP contribution in [-0.4, -0.2) is 10.2 Å². The molecule has 0 aliphatic heterocycles. The monoisotopic (exact) mass is 353 g/mol. The molecule has 0 bridgehead atoms. The van der Waals surface area contributed by atoms with Crippen LogP contribution in [0.1, 0.15) is 11.1 Å². The third-order valence-electron chi connectivity index (χ3n) is 4.16. The molecule has 3 aromatic carbocycles. The highest BCUT2D eigenvalue weighted by molar-refractivity contribution is 7.98. The van der Waals surface area contributed by atoms with E-state index in [0.29, 0.717) is 5.56 Å². The van der Waals surface area contributed by atoms with Gasteiger partial charge in [0.2, 0.25) is 0 Å². The van der Waals surface area contributed by atoms with Gasteiger partial charge in [-0.2, -0.15) is 5.26 Å². The minimum absolute atomic E-state index is 0.677. The summed E-state index contributed by atoms with van der Waals surface area (Å²) in [6.07, 6.45) is 0. The van der Waals surface area contributed by atoms with Gasteiger partial charge in [-0.3, -0.25) is 0 Å². The van der Waals surface area contributed by atoms with Crippen LogP contribution in [0.5, 0.6) is 0 Å². The largest absolute Gasteiger partial charge is 0.192 e. The Morgan fingerprint density at radius 3 is 2.19 bits per heavy atom. The number of hydrogen-bond donors (Lipinski definition) is 0. The van der Waals surface area contributed by atoms with Crippen LogP contribution in [0.3, 0.4) is 0 Å². The summed E-state index contributed by atoms with van der Waals surface area (Å²) in [6.45, 7) is 0. The molecule has 0 saturated heterocycles. The van der Waals surface area contributed by atoms with Crippen molar-refractivity contribution in [1.82, 2.24) is 10.2 Å². The molecule has 0 amide bonds. The summed E-state index contributed by atoms with van der Waals surface area (Å²) in [5.74, 6) is 0.787. The zero-order valence-electron chi connectivity index (χ0n) is 14.0. The van der Waals surface area contributed by atoms with Crippen LogP contribution in [0.15, 0.2) is 83.9 Å². The normalized spacial score (nSPS) is 10.6. The Morgan fingerprint density at radius 1 is 0.769 bits per heavy atom. The Morgan fingerprint density at radius 2 is 1.46 bits per heavy atom. The van der Waals surface area contributed by atoms with Crippen molar-refractivity contribution in [2.24, 2.45) is 0 Å². The van der Waals surface area contributed by atoms with E-state index in [1.54, 1.807) is 11.8 Å². The molecule has 0 aliphatic rings. The summed E-state index contributed by atoms with van der Waals surface area (Å²) in [6, 6.07) is 28.2. The van der Waals surface area contributed by atoms with Crippen LogP contribution in [0.25, 0.3) is 22.0 Å². The van der Waals surface area contributed by atoms with Gasteiger partial charge in [-0.1, -0.05) is 78.5 Å². The van der Waals surface area contributed by atoms with E-state index in [9.17, 15) is 0 Å². The second kappa shape index (κ2) is 7.38. The van der Waals surface area contributed by atoms with E-state index < -0.39 is 0 Å². The Kier molecular flexibility index (Phi) is 4.63. The van der Waals surface area contributed by atoms with Crippen molar-refractivity contribution in [1.29, 1.82) is 5.26 Å². The maximum atomic E-state index is 8.90. The van der Waals surface area contributed by atoms with Crippen molar-refractivity contribution in [3.05, 3.63) is 90.0 Å². The molecule has 0 aliphatic carbocycles. The molecule has 26 heavy (non-hydrogen) atoms. The van der Waals surface area contributed by atoms with Crippen molar-refractivity contribution in [3.8, 4) is 17.3 Å². The fourth-order valence-electron chi connectivity index (χ4n) is 2.82. The van der Waals surface area contributed by atoms with E-state index in [4.69, 9.17) is 5.26 Å². The first kappa shape index (κ1) is 16.3. The Hall–Kier alpha value is -3.16. The topological polar surface area (TPSA) is 49.6 Å². The van der Waals surface area contributed by atoms with Gasteiger partial charge in [0.05, 0.1) is 11.6 Å². The third kappa shape index (κ3) is 3.30. The first-order valence-electron chi connectivity index (χ1n) is 8.28. The molecule has 124 valence electrons. The SMILES string of the molecule is N#Cc1ccc(CSc2nnc(-c3ccccc3)c3ccccc23)cc1. The molecule has 0 N–H and O–H groups in total. The summed E-state index contributed by atoms with van der Waals surface area (Å²) >= 11 is 1.66. The van der Waals surface area contributed by atoms with Gasteiger partial charge in [-0.25, -0.2) is 0 Å². The molecule has 3 nitrogen and oxygen atoms in total. The lowest BCUT2D eigenvalue weighted by molar-refractivity contribution is 0.961. The van der Waals surface area contributed by atoms with Crippen molar-refractivity contribution < 1.29 is 0 Å². The molecular weight excluding hydrogens is 338 g/mol. The lowest BCUT2D eigenvalue weighted by Crippen LogP contribution is -1.94. The summed E-state index contributed by atoms with van der Waals surface area (Å²) in [5.41, 5.74) is 3.81. The van der Waals surface area contributed by atoms with E-state index in [-0.39, 0.29) is 0 Å². The van der Waals surface area contributed by atoms with Crippen LogP contribution in [0.2, 0.25) is 0 Å². The van der Waals surface area contributed by atoms with Crippen LogP contribution in [-0.2, 0) is 5.75 Å². The summed E-state index contributed by atoms with van der Waals surface area (Å²) < 4.78 is 0. The van der Waals surface area contributed by atoms with Crippen molar-refractivity contribution in [3.63, 3.8) is 0 Å². The zero-order valence-corrected chi connectivity index (χ0v) is 14.8. The maximum absolute atomic E-state index is 8.90. The molecule has 4 heteroatoms. The molecule has 0 atom stereocenters. The van der Waals surface area contributed by atoms with Gasteiger partial charge in [0.15, 0.2) is 0 Å². The molecule has 0 radical (unpaired) electrons. The van der Waals surface area contributed by atoms with E-state index in [1.807, 2.05) is 54.6 Å². The van der Waals surface area contributed by atoms with Gasteiger partial charge >= 0.3 is 0 Å². The van der Waals surface area contributed by atoms with Gasteiger partial charge in [0.1, 0.15) is 10.7 Å². The maximum Gasteiger partial charge on any atom is 0.127 e. The van der Waals surface area contributed by atoms with Crippen LogP contribution in [0, 0.1) is 11.3 Å². The van der Waals surface area contributed by atoms with Crippen LogP contribution >= 0.6 is 11.8 Å². The molecule has 4 rings (SSSR count). The van der Waals surface area contributed by atoms with Crippen LogP contribution < -0.4 is 0 Å². The highest BCUT2D eigenvalue weighted by atomic mass is 32.2. The number of aromatic nitrogens is 2. The van der Waals surface area contributed by atoms with Gasteiger partial charge < -0.3 is 0 Å². The fraction of sp³-hybridized carbons (Fsp3) is 0.0455. The number of thioether (sulfide) groups is 1. The minimum Gasteiger partial charge on any atom is -0.192 e. The fourth-order valence-corrected chi connectivity index (χ4v) is 3.75. The Bertz CT molecular complexity index is 1080. The molecule has 0 unspecified atom stereocenters. The lowest BCUT2D eigenvalue weighted by atomic mass is 10.1. The number of fused-ring (bicyclic) bond motifs is 1. The predicted molar refractivity (Wildman–Crippen MR) is 106 cm³/mol. The van der Waals surface area contributed by atoms with E-state index in [1.165, 1.54) is 0 Å². The number of nitriles is 1. The smallest absolute Gasteiger partial charge is 0.127 e. The average Bonchev–Trinajstić information content (AvgIpc) is 2.73. The molecule has 1 aromatic heterocycles. The predicted octanol–water partition coefficient (Wildman–Crippen LogP) is 5.46. The standard InChI is InChI=1S/C22H15N3S/c23-14-16-10-12-17(13-11-16)15-26-22-20-9-5-4-8-19(20)21(24-25-22)18-6-2-1-3-7-18/h1-13H,15H2. The van der Waals surface area contributed by atoms with Gasteiger partial charge in [0, 0.05) is 22.1 Å². The highest BCUT2D eigenvalue weighted by Crippen LogP contribution is 2.32. The summed E-state index contributed by atoms with van der Waals surface area (Å²) in [4.78, 5) is 0. The zero-order chi connectivity index (χ0) is 17.8. The second-order valence-corrected chi connectivity index (χ2v) is 6.83. The Balaban J connectivity index is 1.67. The number of benzene rings is 3. The lowest BCUT2D eigenvalue weighted by Gasteiger charge is -2.09. The van der Waals surface area contributed by atoms with Gasteiger partial charge in [-0.15, -0.1) is 10.2 Å². The molecule has 1 heterocycles. The first-order chi connectivity index (χ1) is 12.8. The van der Waals surface area contributed by atoms with Crippen molar-refractivity contribution in [2.75, 3.05) is 0 Å². The van der Waals surface area contributed by atoms with Crippen molar-refractivity contribution >= 4 is 22.5 Å². The van der Waals surface area contributed by atoms with E-state index in [0.717, 1.165) is 38.4 Å². The molecule has 0 saturated carbocycles. The molecular formula is C22H15N3S. The quantitative estimate of drug-likeness (QED) is 0.457. The highest BCUT2D eigenvalue weighted by Gasteiger charge is 2.11. The summed E-state index contributed by atoms with van der Waals surface area (Å²) in [7, 11) is 0. The number of nitrogens with zero attached hydrogens (tertiary/aromatic N) is 3. The summed E-state index contributed by atoms with van der Waals surface area (Å²) in [5, 5.41) is 21.0. The van der Waals surface area contributed by atoms with Gasteiger partial charge in [-0.05, 0) is 17.7 Å². The molecule has 0 fully saturated rings. The number of hydrogen-bond acceptors (Lipinski definition) is 4. The minimum atomic E-state index is 0.677. The van der Waals surface area contributed by atoms with Gasteiger partial charge in [0.25, 0.3) is 0 Å². The number of rotatable bonds is 4. The Labute approximate surface area is 156 Å². The molecule has 4 aromatic rings. The van der Waals surface area contributed by atoms with E-state index in [2.05, 4.69) is 40.5 Å². The second-order valence-electron chi connectivity index (χ2n) is 5.86. The third-order valence-corrected chi connectivity index (χ3v) is 5.21. The van der Waals surface area contributed by atoms with E-state index >= 15 is 0 Å².